The first-order valence-electron chi connectivity index (χ1n) is 0.894. The molecule has 0 aromatic carbocycles. The zero-order chi connectivity index (χ0) is 5.41. The molecule has 0 saturated carbocycles. The van der Waals surface area contributed by atoms with Crippen LogP contribution in [0.1, 0.15) is 0 Å². The Morgan fingerprint density at radius 2 is 1.00 bits per heavy atom. The summed E-state index contributed by atoms with van der Waals surface area (Å²) >= 11 is 6.19. The molecule has 0 bridgehead atoms. The zero-order valence-electron chi connectivity index (χ0n) is 3.29. The van der Waals surface area contributed by atoms with E-state index in [0.717, 1.165) is 0 Å². The van der Waals surface area contributed by atoms with Crippen molar-refractivity contribution in [2.45, 2.75) is 0 Å². The summed E-state index contributed by atoms with van der Waals surface area (Å²) in [6.07, 6.45) is 0. The molecule has 3 nitrogen and oxygen atoms in total. The van der Waals surface area contributed by atoms with Gasteiger partial charge in [0.05, 0.1) is 0 Å². The fourth-order valence-electron chi connectivity index (χ4n) is 0. The molecule has 0 fully saturated rings. The van der Waals surface area contributed by atoms with Gasteiger partial charge in [-0.15, -0.1) is 0 Å². The van der Waals surface area contributed by atoms with Gasteiger partial charge in [-0.3, -0.25) is 0 Å². The Hall–Kier alpha value is -0.360. The number of nitrogens with zero attached hydrogens (tertiary/aromatic N) is 2. The van der Waals surface area contributed by atoms with Gasteiger partial charge >= 0.3 is 0 Å². The van der Waals surface area contributed by atoms with Crippen molar-refractivity contribution in [3.8, 4) is 10.8 Å². The second kappa shape index (κ2) is 45.1. The van der Waals surface area contributed by atoms with Gasteiger partial charge in [0.15, 0.2) is 0 Å². The molecule has 0 aromatic rings. The molecule has 2 N–H and O–H groups in total. The lowest BCUT2D eigenvalue weighted by Crippen LogP contribution is -0.961. The van der Waals surface area contributed by atoms with Crippen LogP contribution in [0.4, 0.5) is 0 Å². The summed E-state index contributed by atoms with van der Waals surface area (Å²) < 4.78 is 0. The van der Waals surface area contributed by atoms with Gasteiger partial charge in [0.2, 0.25) is 0 Å². The summed E-state index contributed by atoms with van der Waals surface area (Å²) in [5.41, 5.74) is 0. The molecular weight excluding hydrogens is 132 g/mol. The second-order valence-electron chi connectivity index (χ2n) is 0.200. The molecule has 0 aromatic heterocycles. The van der Waals surface area contributed by atoms with Crippen molar-refractivity contribution in [2.24, 2.45) is 0 Å². The van der Waals surface area contributed by atoms with Gasteiger partial charge in [-0.05, 0) is 0 Å². The van der Waals surface area contributed by atoms with E-state index in [0.29, 0.717) is 0 Å². The number of hydrogen-bond acceptors (Lipinski definition) is 4. The lowest BCUT2D eigenvalue weighted by Gasteiger charge is -1.14. The summed E-state index contributed by atoms with van der Waals surface area (Å²) in [5.74, 6) is 0. The van der Waals surface area contributed by atoms with Crippen molar-refractivity contribution in [1.29, 1.82) is 10.5 Å². The van der Waals surface area contributed by atoms with Crippen LogP contribution in [0.3, 0.4) is 0 Å². The van der Waals surface area contributed by atoms with Gasteiger partial charge < -0.3 is 5.48 Å². The Kier molecular flexibility index (Phi) is 103. The van der Waals surface area contributed by atoms with Crippen LogP contribution >= 0.6 is 25.3 Å². The van der Waals surface area contributed by atoms with Gasteiger partial charge in [0, 0.05) is 0 Å². The summed E-state index contributed by atoms with van der Waals surface area (Å²) in [6.45, 7) is 0. The van der Waals surface area contributed by atoms with Gasteiger partial charge in [0.25, 0.3) is 0 Å². The molecule has 0 aliphatic rings. The summed E-state index contributed by atoms with van der Waals surface area (Å²) in [5, 5.41) is 17.3. The smallest absolute Gasteiger partial charge is 0.130 e. The van der Waals surface area contributed by atoms with Crippen LogP contribution < -0.4 is 0 Å². The molecule has 0 atom stereocenters. The molecule has 0 aliphatic carbocycles. The largest absolute Gasteiger partial charge is 0.412 e. The van der Waals surface area contributed by atoms with Crippen LogP contribution in [0.15, 0.2) is 0 Å². The minimum atomic E-state index is 0. The number of rotatable bonds is 0. The Balaban J connectivity index is -0.0000000400. The van der Waals surface area contributed by atoms with Crippen LogP contribution in [-0.2, 0) is 0 Å². The molecule has 5 heteroatoms. The quantitative estimate of drug-likeness (QED) is 0.362. The van der Waals surface area contributed by atoms with Crippen LogP contribution in [0.5, 0.6) is 0 Å². The molecule has 40 valence electrons. The fourth-order valence-corrected chi connectivity index (χ4v) is 0. The van der Waals surface area contributed by atoms with Crippen molar-refractivity contribution in [3.63, 3.8) is 0 Å². The minimum absolute atomic E-state index is 0. The Morgan fingerprint density at radius 3 is 1.00 bits per heavy atom. The average molecular weight is 136 g/mol. The molecule has 0 saturated heterocycles. The maximum absolute atomic E-state index is 7.18. The molecular formula is C2H4N2OS2. The molecule has 0 unspecified atom stereocenters. The standard InChI is InChI=1S/2CHNS.H2O/c2*2-1-3;/h2*3H;1H2. The Bertz CT molecular complexity index is 68.7. The highest BCUT2D eigenvalue weighted by Crippen LogP contribution is 1.46. The molecule has 0 heterocycles. The first kappa shape index (κ1) is 15.9. The normalized spacial score (nSPS) is 2.29. The van der Waals surface area contributed by atoms with Crippen molar-refractivity contribution in [3.05, 3.63) is 0 Å². The summed E-state index contributed by atoms with van der Waals surface area (Å²) in [4.78, 5) is 0. The lowest BCUT2D eigenvalue weighted by molar-refractivity contribution is 0.824. The minimum Gasteiger partial charge on any atom is -0.412 e. The van der Waals surface area contributed by atoms with E-state index in [1.807, 2.05) is 0 Å². The molecule has 0 spiro atoms. The predicted molar refractivity (Wildman–Crippen MR) is 32.8 cm³/mol. The zero-order valence-corrected chi connectivity index (χ0v) is 5.08. The maximum Gasteiger partial charge on any atom is 0.130 e. The first-order chi connectivity index (χ1) is 2.83. The first-order valence-corrected chi connectivity index (χ1v) is 1.79. The maximum atomic E-state index is 7.18. The highest BCUT2D eigenvalue weighted by atomic mass is 32.1. The van der Waals surface area contributed by atoms with Crippen molar-refractivity contribution in [1.82, 2.24) is 0 Å². The Morgan fingerprint density at radius 1 is 1.00 bits per heavy atom. The number of thiocyanates is 2. The molecule has 0 amide bonds. The predicted octanol–water partition coefficient (Wildman–Crippen LogP) is -0.0301. The van der Waals surface area contributed by atoms with E-state index in [1.165, 1.54) is 10.8 Å². The van der Waals surface area contributed by atoms with Crippen LogP contribution in [-0.4, -0.2) is 5.48 Å². The summed E-state index contributed by atoms with van der Waals surface area (Å²) in [6, 6.07) is 0. The third-order valence-electron chi connectivity index (χ3n) is 0. The van der Waals surface area contributed by atoms with Gasteiger partial charge in [-0.2, -0.15) is 10.5 Å². The highest BCUT2D eigenvalue weighted by molar-refractivity contribution is 7.85. The van der Waals surface area contributed by atoms with E-state index in [4.69, 9.17) is 10.5 Å². The molecule has 0 aliphatic heterocycles. The van der Waals surface area contributed by atoms with Gasteiger partial charge in [-0.1, -0.05) is 25.3 Å². The van der Waals surface area contributed by atoms with E-state index in [1.54, 1.807) is 0 Å². The topological polar surface area (TPSA) is 79.1 Å². The number of nitriles is 2. The van der Waals surface area contributed by atoms with E-state index < -0.39 is 0 Å². The van der Waals surface area contributed by atoms with Gasteiger partial charge in [0.1, 0.15) is 10.8 Å². The third kappa shape index (κ3) is 577. The van der Waals surface area contributed by atoms with Gasteiger partial charge in [-0.25, -0.2) is 0 Å². The third-order valence-corrected chi connectivity index (χ3v) is 0. The highest BCUT2D eigenvalue weighted by Gasteiger charge is 1.18. The monoisotopic (exact) mass is 136 g/mol. The van der Waals surface area contributed by atoms with Crippen LogP contribution in [0.25, 0.3) is 0 Å². The second-order valence-corrected chi connectivity index (χ2v) is 0.600. The number of thiol groups is 2. The number of hydrogen-bond donors (Lipinski definition) is 2. The van der Waals surface area contributed by atoms with Crippen LogP contribution in [0.2, 0.25) is 0 Å². The SMILES string of the molecule is N#CS.N#CS.O. The van der Waals surface area contributed by atoms with E-state index in [-0.39, 0.29) is 5.48 Å². The van der Waals surface area contributed by atoms with E-state index in [9.17, 15) is 0 Å². The Labute approximate surface area is 52.7 Å². The average Bonchev–Trinajstić information content (AvgIpc) is 1.39. The van der Waals surface area contributed by atoms with Crippen molar-refractivity contribution >= 4 is 25.3 Å². The van der Waals surface area contributed by atoms with Crippen molar-refractivity contribution in [2.75, 3.05) is 0 Å². The molecule has 7 heavy (non-hydrogen) atoms. The molecule has 0 radical (unpaired) electrons. The lowest BCUT2D eigenvalue weighted by atomic mass is 11.8. The van der Waals surface area contributed by atoms with E-state index in [2.05, 4.69) is 25.3 Å². The van der Waals surface area contributed by atoms with E-state index >= 15 is 0 Å². The molecule has 0 rings (SSSR count). The van der Waals surface area contributed by atoms with Crippen LogP contribution in [0, 0.1) is 21.3 Å². The summed E-state index contributed by atoms with van der Waals surface area (Å²) in [7, 11) is 0. The fraction of sp³-hybridized carbons (Fsp3) is 0. The van der Waals surface area contributed by atoms with Crippen molar-refractivity contribution < 1.29 is 5.48 Å².